The van der Waals surface area contributed by atoms with Crippen LogP contribution in [0.4, 0.5) is 5.69 Å². The number of methoxy groups -OCH3 is 1. The number of anilines is 1. The maximum atomic E-state index is 9.95. The van der Waals surface area contributed by atoms with Crippen LogP contribution in [0.2, 0.25) is 0 Å². The average Bonchev–Trinajstić information content (AvgIpc) is 2.96. The number of benzene rings is 3. The molecular weight excluding hydrogens is 745 g/mol. The maximum absolute atomic E-state index is 9.95. The number of nitriles is 1. The van der Waals surface area contributed by atoms with Crippen LogP contribution in [0, 0.1) is 11.3 Å². The van der Waals surface area contributed by atoms with Gasteiger partial charge in [-0.25, -0.2) is 0 Å². The summed E-state index contributed by atoms with van der Waals surface area (Å²) in [6, 6.07) is 27.1. The van der Waals surface area contributed by atoms with E-state index in [1.165, 1.54) is 0 Å². The second-order valence-electron chi connectivity index (χ2n) is 9.18. The number of hydrogen-bond acceptors (Lipinski definition) is 4. The Morgan fingerprint density at radius 1 is 0.950 bits per heavy atom. The van der Waals surface area contributed by atoms with Crippen molar-refractivity contribution in [2.45, 2.75) is 13.0 Å². The first-order chi connectivity index (χ1) is 18.8. The molecule has 4 aromatic rings. The van der Waals surface area contributed by atoms with Crippen LogP contribution in [0.3, 0.4) is 0 Å². The van der Waals surface area contributed by atoms with Crippen molar-refractivity contribution >= 4 is 49.7 Å². The highest BCUT2D eigenvalue weighted by Gasteiger charge is 2.18. The van der Waals surface area contributed by atoms with Gasteiger partial charge in [0, 0.05) is 47.5 Å². The number of pyridine rings is 1. The van der Waals surface area contributed by atoms with Crippen LogP contribution in [0.15, 0.2) is 81.7 Å². The normalized spacial score (nSPS) is 10.7. The van der Waals surface area contributed by atoms with Crippen molar-refractivity contribution in [1.29, 1.82) is 5.26 Å². The van der Waals surface area contributed by atoms with E-state index in [9.17, 15) is 5.11 Å². The number of nitrogens with zero attached hydrogens (tertiary/aromatic N) is 3. The molecule has 40 heavy (non-hydrogen) atoms. The van der Waals surface area contributed by atoms with Crippen LogP contribution in [-0.2, 0) is 13.7 Å². The van der Waals surface area contributed by atoms with Crippen LogP contribution >= 0.6 is 31.9 Å². The van der Waals surface area contributed by atoms with E-state index in [0.29, 0.717) is 18.7 Å². The number of aliphatic hydroxyl groups excluding tert-OH is 1. The highest BCUT2D eigenvalue weighted by atomic mass is 127. The van der Waals surface area contributed by atoms with Gasteiger partial charge in [-0.3, -0.25) is 0 Å². The first kappa shape index (κ1) is 31.8. The average molecular weight is 775 g/mol. The van der Waals surface area contributed by atoms with Crippen molar-refractivity contribution in [2.75, 3.05) is 25.6 Å². The third-order valence-electron chi connectivity index (χ3n) is 6.66. The van der Waals surface area contributed by atoms with Crippen molar-refractivity contribution in [3.8, 4) is 34.2 Å². The Morgan fingerprint density at radius 2 is 1.62 bits per heavy atom. The summed E-state index contributed by atoms with van der Waals surface area (Å²) in [6.07, 6.45) is 4.71. The minimum Gasteiger partial charge on any atom is -1.00 e. The fraction of sp³-hybridized carbons (Fsp3) is 0.188. The summed E-state index contributed by atoms with van der Waals surface area (Å²) in [5, 5.41) is 18.8. The zero-order valence-electron chi connectivity index (χ0n) is 22.5. The van der Waals surface area contributed by atoms with E-state index in [1.54, 1.807) is 7.11 Å². The fourth-order valence-corrected chi connectivity index (χ4v) is 5.14. The van der Waals surface area contributed by atoms with Crippen LogP contribution in [0.25, 0.3) is 34.5 Å². The first-order valence-electron chi connectivity index (χ1n) is 12.5. The fourth-order valence-electron chi connectivity index (χ4n) is 4.36. The summed E-state index contributed by atoms with van der Waals surface area (Å²) in [7, 11) is 5.69. The highest BCUT2D eigenvalue weighted by Crippen LogP contribution is 2.36. The van der Waals surface area contributed by atoms with Crippen LogP contribution in [0.5, 0.6) is 5.75 Å². The summed E-state index contributed by atoms with van der Waals surface area (Å²) in [5.41, 5.74) is 8.06. The van der Waals surface area contributed by atoms with Crippen LogP contribution in [-0.4, -0.2) is 25.8 Å². The second-order valence-corrected chi connectivity index (χ2v) is 10.9. The van der Waals surface area contributed by atoms with Crippen molar-refractivity contribution in [2.24, 2.45) is 7.05 Å². The lowest BCUT2D eigenvalue weighted by atomic mass is 9.99. The molecule has 1 heterocycles. The molecule has 0 saturated heterocycles. The molecule has 0 spiro atoms. The largest absolute Gasteiger partial charge is 1.00 e. The molecule has 0 aliphatic carbocycles. The molecule has 1 aromatic heterocycles. The van der Waals surface area contributed by atoms with E-state index in [0.717, 1.165) is 53.8 Å². The van der Waals surface area contributed by atoms with E-state index in [-0.39, 0.29) is 30.6 Å². The monoisotopic (exact) mass is 773 g/mol. The Morgan fingerprint density at radius 3 is 2.25 bits per heavy atom. The smallest absolute Gasteiger partial charge is 0.213 e. The number of rotatable bonds is 9. The van der Waals surface area contributed by atoms with Gasteiger partial charge in [0.25, 0.3) is 0 Å². The minimum absolute atomic E-state index is 0. The van der Waals surface area contributed by atoms with Gasteiger partial charge in [-0.2, -0.15) is 9.83 Å². The SMILES string of the molecule is COc1cc(-c2cc(/C=C/c3ccc(N(C)CCC#N)cc3)[n+](C)c(-c3ccc(Br)cc3)c2)cc(CO)c1Br.[I-]. The molecule has 5 nitrogen and oxygen atoms in total. The molecule has 0 unspecified atom stereocenters. The molecule has 4 rings (SSSR count). The quantitative estimate of drug-likeness (QED) is 0.203. The van der Waals surface area contributed by atoms with Crippen molar-refractivity contribution in [3.63, 3.8) is 0 Å². The number of halogens is 3. The first-order valence-corrected chi connectivity index (χ1v) is 14.1. The van der Waals surface area contributed by atoms with Gasteiger partial charge in [0.1, 0.15) is 12.8 Å². The van der Waals surface area contributed by atoms with Gasteiger partial charge >= 0.3 is 0 Å². The van der Waals surface area contributed by atoms with Crippen LogP contribution < -0.4 is 38.2 Å². The zero-order chi connectivity index (χ0) is 27.9. The Balaban J connectivity index is 0.00000441. The van der Waals surface area contributed by atoms with Crippen LogP contribution in [0.1, 0.15) is 23.2 Å². The summed E-state index contributed by atoms with van der Waals surface area (Å²) in [6.45, 7) is 0.603. The predicted octanol–water partition coefficient (Wildman–Crippen LogP) is 4.40. The van der Waals surface area contributed by atoms with Gasteiger partial charge in [-0.1, -0.05) is 28.1 Å². The van der Waals surface area contributed by atoms with Crippen molar-refractivity contribution < 1.29 is 38.4 Å². The number of aliphatic hydroxyl groups is 1. The zero-order valence-corrected chi connectivity index (χ0v) is 27.9. The lowest BCUT2D eigenvalue weighted by molar-refractivity contribution is -0.662. The van der Waals surface area contributed by atoms with Crippen molar-refractivity contribution in [3.05, 3.63) is 98.6 Å². The number of aromatic nitrogens is 1. The standard InChI is InChI=1S/C32H30Br2N3O2.HI/c1-36(16-4-15-35)28-12-5-22(6-13-28)7-14-29-18-25(24-17-26(21-38)32(34)31(20-24)39-3)19-30(37(29)2)23-8-10-27(33)11-9-23;/h5-14,17-20,38H,4,16,21H2,1-3H3;1H/q+1;/p-1. The van der Waals surface area contributed by atoms with E-state index < -0.39 is 0 Å². The Labute approximate surface area is 270 Å². The van der Waals surface area contributed by atoms with E-state index >= 15 is 0 Å². The molecule has 0 radical (unpaired) electrons. The molecule has 0 fully saturated rings. The molecule has 8 heteroatoms. The molecule has 0 atom stereocenters. The Bertz CT molecular complexity index is 1510. The van der Waals surface area contributed by atoms with E-state index in [4.69, 9.17) is 10.00 Å². The maximum Gasteiger partial charge on any atom is 0.213 e. The predicted molar refractivity (Wildman–Crippen MR) is 165 cm³/mol. The van der Waals surface area contributed by atoms with Gasteiger partial charge < -0.3 is 38.7 Å². The third-order valence-corrected chi connectivity index (χ3v) is 8.09. The van der Waals surface area contributed by atoms with E-state index in [1.807, 2.05) is 31.3 Å². The lowest BCUT2D eigenvalue weighted by Crippen LogP contribution is -3.00. The molecule has 3 aromatic carbocycles. The third kappa shape index (κ3) is 7.52. The molecule has 0 amide bonds. The van der Waals surface area contributed by atoms with Gasteiger partial charge in [0.05, 0.1) is 30.7 Å². The summed E-state index contributed by atoms with van der Waals surface area (Å²) < 4.78 is 9.54. The molecule has 206 valence electrons. The summed E-state index contributed by atoms with van der Waals surface area (Å²) in [4.78, 5) is 2.08. The summed E-state index contributed by atoms with van der Waals surface area (Å²) >= 11 is 7.09. The molecular formula is C32H30Br2IN3O2. The molecule has 0 bridgehead atoms. The molecule has 0 saturated carbocycles. The Kier molecular flexibility index (Phi) is 11.8. The molecule has 0 aliphatic heterocycles. The van der Waals surface area contributed by atoms with Gasteiger partial charge in [-0.15, -0.1) is 0 Å². The van der Waals surface area contributed by atoms with E-state index in [2.05, 4.69) is 115 Å². The summed E-state index contributed by atoms with van der Waals surface area (Å²) in [5.74, 6) is 0.673. The lowest BCUT2D eigenvalue weighted by Gasteiger charge is -2.17. The second kappa shape index (κ2) is 14.8. The van der Waals surface area contributed by atoms with Gasteiger partial charge in [0.2, 0.25) is 11.4 Å². The van der Waals surface area contributed by atoms with Crippen molar-refractivity contribution in [1.82, 2.24) is 0 Å². The minimum atomic E-state index is -0.0978. The number of ether oxygens (including phenoxy) is 1. The topological polar surface area (TPSA) is 60.4 Å². The van der Waals surface area contributed by atoms with Gasteiger partial charge in [0.15, 0.2) is 0 Å². The molecule has 0 aliphatic rings. The van der Waals surface area contributed by atoms with Gasteiger partial charge in [-0.05, 0) is 92.8 Å². The Hall–Kier alpha value is -2.71. The molecule has 1 N–H and O–H groups in total. The number of hydrogen-bond donors (Lipinski definition) is 1. The highest BCUT2D eigenvalue weighted by molar-refractivity contribution is 9.10.